The van der Waals surface area contributed by atoms with Gasteiger partial charge in [-0.3, -0.25) is 0 Å². The van der Waals surface area contributed by atoms with Gasteiger partial charge in [0.25, 0.3) is 0 Å². The van der Waals surface area contributed by atoms with E-state index in [1.165, 1.54) is 18.2 Å². The normalized spacial score (nSPS) is 11.9. The fourth-order valence-corrected chi connectivity index (χ4v) is 1.40. The molecule has 1 rings (SSSR count). The lowest BCUT2D eigenvalue weighted by Crippen LogP contribution is -2.14. The molecule has 17 heavy (non-hydrogen) atoms. The molecule has 1 aromatic carbocycles. The summed E-state index contributed by atoms with van der Waals surface area (Å²) in [7, 11) is 0. The van der Waals surface area contributed by atoms with Gasteiger partial charge in [0.15, 0.2) is 0 Å². The number of carboxylic acid groups (broad SMARTS) is 1. The minimum Gasteiger partial charge on any atom is -0.478 e. The molecule has 0 saturated heterocycles. The Morgan fingerprint density at radius 3 is 2.65 bits per heavy atom. The Kier molecular flexibility index (Phi) is 4.57. The molecule has 0 aromatic heterocycles. The van der Waals surface area contributed by atoms with Crippen molar-refractivity contribution in [2.75, 3.05) is 0 Å². The second kappa shape index (κ2) is 5.72. The van der Waals surface area contributed by atoms with Crippen LogP contribution in [0.15, 0.2) is 23.1 Å². The Balaban J connectivity index is 2.96. The molecule has 0 bridgehead atoms. The van der Waals surface area contributed by atoms with E-state index in [9.17, 15) is 9.59 Å². The minimum absolute atomic E-state index is 0.00747. The molecule has 1 aromatic rings. The van der Waals surface area contributed by atoms with Crippen molar-refractivity contribution in [2.45, 2.75) is 31.3 Å². The highest BCUT2D eigenvalue weighted by Gasteiger charge is 2.15. The number of ether oxygens (including phenoxy) is 1. The van der Waals surface area contributed by atoms with Gasteiger partial charge in [0, 0.05) is 4.90 Å². The molecule has 92 valence electrons. The van der Waals surface area contributed by atoms with Crippen molar-refractivity contribution in [1.29, 1.82) is 0 Å². The Morgan fingerprint density at radius 1 is 1.47 bits per heavy atom. The maximum Gasteiger partial charge on any atom is 0.338 e. The van der Waals surface area contributed by atoms with E-state index in [0.29, 0.717) is 11.3 Å². The largest absolute Gasteiger partial charge is 0.478 e. The molecule has 4 nitrogen and oxygen atoms in total. The zero-order chi connectivity index (χ0) is 13.0. The first-order valence-electron chi connectivity index (χ1n) is 5.23. The van der Waals surface area contributed by atoms with Gasteiger partial charge in [-0.2, -0.15) is 0 Å². The Hall–Kier alpha value is -1.49. The summed E-state index contributed by atoms with van der Waals surface area (Å²) in [5, 5.41) is 8.90. The van der Waals surface area contributed by atoms with Gasteiger partial charge in [0.2, 0.25) is 0 Å². The molecular weight excluding hydrogens is 240 g/mol. The SMILES string of the molecule is CCC(C)OC(=O)c1ccc(S)c(C(=O)O)c1. The molecule has 1 unspecified atom stereocenters. The highest BCUT2D eigenvalue weighted by Crippen LogP contribution is 2.17. The van der Waals surface area contributed by atoms with Crippen LogP contribution in [0.25, 0.3) is 0 Å². The lowest BCUT2D eigenvalue weighted by molar-refractivity contribution is 0.0334. The van der Waals surface area contributed by atoms with Crippen molar-refractivity contribution >= 4 is 24.6 Å². The highest BCUT2D eigenvalue weighted by molar-refractivity contribution is 7.80. The molecule has 0 radical (unpaired) electrons. The third-order valence-electron chi connectivity index (χ3n) is 2.35. The summed E-state index contributed by atoms with van der Waals surface area (Å²) in [6.07, 6.45) is 0.522. The average Bonchev–Trinajstić information content (AvgIpc) is 2.28. The highest BCUT2D eigenvalue weighted by atomic mass is 32.1. The summed E-state index contributed by atoms with van der Waals surface area (Å²) in [4.78, 5) is 22.9. The van der Waals surface area contributed by atoms with Crippen LogP contribution in [0.5, 0.6) is 0 Å². The number of esters is 1. The van der Waals surface area contributed by atoms with Crippen LogP contribution >= 0.6 is 12.6 Å². The molecule has 0 saturated carbocycles. The molecule has 1 N–H and O–H groups in total. The lowest BCUT2D eigenvalue weighted by Gasteiger charge is -2.11. The maximum absolute atomic E-state index is 11.7. The Bertz CT molecular complexity index is 442. The van der Waals surface area contributed by atoms with Crippen LogP contribution in [0.2, 0.25) is 0 Å². The second-order valence-electron chi connectivity index (χ2n) is 3.66. The van der Waals surface area contributed by atoms with Crippen LogP contribution in [-0.4, -0.2) is 23.1 Å². The molecule has 0 aliphatic rings. The van der Waals surface area contributed by atoms with E-state index >= 15 is 0 Å². The van der Waals surface area contributed by atoms with E-state index in [-0.39, 0.29) is 17.2 Å². The van der Waals surface area contributed by atoms with Gasteiger partial charge in [-0.15, -0.1) is 12.6 Å². The first kappa shape index (κ1) is 13.6. The van der Waals surface area contributed by atoms with E-state index < -0.39 is 11.9 Å². The average molecular weight is 254 g/mol. The summed E-state index contributed by atoms with van der Waals surface area (Å²) in [5.74, 6) is -1.64. The fourth-order valence-electron chi connectivity index (χ4n) is 1.17. The third kappa shape index (κ3) is 3.49. The minimum atomic E-state index is -1.12. The topological polar surface area (TPSA) is 63.6 Å². The lowest BCUT2D eigenvalue weighted by atomic mass is 10.1. The molecule has 0 aliphatic carbocycles. The van der Waals surface area contributed by atoms with Crippen molar-refractivity contribution in [3.63, 3.8) is 0 Å². The summed E-state index contributed by atoms with van der Waals surface area (Å²) in [6.45, 7) is 3.68. The first-order valence-corrected chi connectivity index (χ1v) is 5.67. The standard InChI is InChI=1S/C12H14O4S/c1-3-7(2)16-12(15)8-4-5-10(17)9(6-8)11(13)14/h4-7,17H,3H2,1-2H3,(H,13,14). The number of carbonyl (C=O) groups excluding carboxylic acids is 1. The van der Waals surface area contributed by atoms with Crippen molar-refractivity contribution in [3.05, 3.63) is 29.3 Å². The van der Waals surface area contributed by atoms with Crippen molar-refractivity contribution in [2.24, 2.45) is 0 Å². The molecule has 5 heteroatoms. The number of carbonyl (C=O) groups is 2. The summed E-state index contributed by atoms with van der Waals surface area (Å²) in [6, 6.07) is 4.24. The number of hydrogen-bond donors (Lipinski definition) is 2. The molecule has 0 aliphatic heterocycles. The maximum atomic E-state index is 11.7. The quantitative estimate of drug-likeness (QED) is 0.640. The van der Waals surface area contributed by atoms with Crippen LogP contribution in [0.3, 0.4) is 0 Å². The zero-order valence-electron chi connectivity index (χ0n) is 9.64. The van der Waals surface area contributed by atoms with Crippen LogP contribution in [0.1, 0.15) is 41.0 Å². The van der Waals surface area contributed by atoms with Crippen LogP contribution < -0.4 is 0 Å². The Morgan fingerprint density at radius 2 is 2.12 bits per heavy atom. The molecular formula is C12H14O4S. The molecule has 0 amide bonds. The van der Waals surface area contributed by atoms with Crippen LogP contribution in [-0.2, 0) is 4.74 Å². The fraction of sp³-hybridized carbons (Fsp3) is 0.333. The van der Waals surface area contributed by atoms with Gasteiger partial charge in [0.05, 0.1) is 17.2 Å². The van der Waals surface area contributed by atoms with E-state index in [0.717, 1.165) is 0 Å². The van der Waals surface area contributed by atoms with Crippen molar-refractivity contribution < 1.29 is 19.4 Å². The molecule has 0 heterocycles. The number of aromatic carboxylic acids is 1. The van der Waals surface area contributed by atoms with Crippen LogP contribution in [0, 0.1) is 0 Å². The number of benzene rings is 1. The van der Waals surface area contributed by atoms with E-state index in [1.807, 2.05) is 6.92 Å². The van der Waals surface area contributed by atoms with Gasteiger partial charge in [-0.25, -0.2) is 9.59 Å². The van der Waals surface area contributed by atoms with E-state index in [2.05, 4.69) is 12.6 Å². The number of thiol groups is 1. The summed E-state index contributed by atoms with van der Waals surface area (Å²) < 4.78 is 5.10. The van der Waals surface area contributed by atoms with Crippen LogP contribution in [0.4, 0.5) is 0 Å². The van der Waals surface area contributed by atoms with Crippen molar-refractivity contribution in [1.82, 2.24) is 0 Å². The van der Waals surface area contributed by atoms with Gasteiger partial charge in [0.1, 0.15) is 0 Å². The van der Waals surface area contributed by atoms with Gasteiger partial charge < -0.3 is 9.84 Å². The Labute approximate surface area is 105 Å². The smallest absolute Gasteiger partial charge is 0.338 e. The number of rotatable bonds is 4. The second-order valence-corrected chi connectivity index (χ2v) is 4.14. The predicted molar refractivity (Wildman–Crippen MR) is 65.8 cm³/mol. The van der Waals surface area contributed by atoms with E-state index in [1.54, 1.807) is 6.92 Å². The van der Waals surface area contributed by atoms with Gasteiger partial charge >= 0.3 is 11.9 Å². The molecule has 0 spiro atoms. The van der Waals surface area contributed by atoms with Crippen molar-refractivity contribution in [3.8, 4) is 0 Å². The first-order chi connectivity index (χ1) is 7.95. The monoisotopic (exact) mass is 254 g/mol. The van der Waals surface area contributed by atoms with E-state index in [4.69, 9.17) is 9.84 Å². The predicted octanol–water partition coefficient (Wildman–Crippen LogP) is 2.63. The molecule has 1 atom stereocenters. The number of hydrogen-bond acceptors (Lipinski definition) is 4. The summed E-state index contributed by atoms with van der Waals surface area (Å²) >= 11 is 4.01. The third-order valence-corrected chi connectivity index (χ3v) is 2.74. The molecule has 0 fully saturated rings. The van der Waals surface area contributed by atoms with Gasteiger partial charge in [-0.05, 0) is 31.5 Å². The summed E-state index contributed by atoms with van der Waals surface area (Å²) in [5.41, 5.74) is 0.215. The van der Waals surface area contributed by atoms with Gasteiger partial charge in [-0.1, -0.05) is 6.92 Å². The zero-order valence-corrected chi connectivity index (χ0v) is 10.5. The number of carboxylic acids is 1.